The number of aromatic amines is 1. The number of aromatic nitrogens is 3. The number of rotatable bonds is 3. The van der Waals surface area contributed by atoms with Crippen LogP contribution in [0.5, 0.6) is 0 Å². The van der Waals surface area contributed by atoms with Crippen LogP contribution in [-0.4, -0.2) is 28.0 Å². The van der Waals surface area contributed by atoms with E-state index in [-0.39, 0.29) is 0 Å². The second-order valence-electron chi connectivity index (χ2n) is 4.81. The lowest BCUT2D eigenvalue weighted by Gasteiger charge is -2.14. The number of nitriles is 1. The Morgan fingerprint density at radius 3 is 2.84 bits per heavy atom. The van der Waals surface area contributed by atoms with Crippen molar-refractivity contribution in [1.29, 1.82) is 5.26 Å². The Kier molecular flexibility index (Phi) is 2.95. The number of hydrogen-bond donors (Lipinski definition) is 3. The van der Waals surface area contributed by atoms with E-state index in [2.05, 4.69) is 31.7 Å². The van der Waals surface area contributed by atoms with Crippen molar-refractivity contribution in [2.75, 3.05) is 17.7 Å². The van der Waals surface area contributed by atoms with E-state index in [1.807, 2.05) is 0 Å². The molecule has 0 spiro atoms. The smallest absolute Gasteiger partial charge is 0.226 e. The maximum Gasteiger partial charge on any atom is 0.226 e. The van der Waals surface area contributed by atoms with Crippen LogP contribution in [0.2, 0.25) is 0 Å². The summed E-state index contributed by atoms with van der Waals surface area (Å²) in [5.74, 6) is 1.30. The lowest BCUT2D eigenvalue weighted by Crippen LogP contribution is -2.16. The first kappa shape index (κ1) is 11.8. The van der Waals surface area contributed by atoms with Gasteiger partial charge in [0.25, 0.3) is 0 Å². The molecule has 0 atom stereocenters. The fourth-order valence-electron chi connectivity index (χ4n) is 2.60. The summed E-state index contributed by atoms with van der Waals surface area (Å²) in [6, 6.07) is 2.63. The molecule has 3 N–H and O–H groups in total. The van der Waals surface area contributed by atoms with E-state index in [0.717, 1.165) is 24.0 Å². The van der Waals surface area contributed by atoms with Crippen LogP contribution in [-0.2, 0) is 0 Å². The maximum absolute atomic E-state index is 9.17. The highest BCUT2D eigenvalue weighted by molar-refractivity contribution is 5.93. The standard InChI is InChI=1S/C13H16N6/c1-15-13-18-11-10(8(6-14)7-16-11)12(19-13)17-9-4-2-3-5-9/h7,9H,2-5H2,1H3,(H3,15,16,17,18,19). The normalized spacial score (nSPS) is 15.6. The molecule has 98 valence electrons. The molecule has 6 heteroatoms. The summed E-state index contributed by atoms with van der Waals surface area (Å²) in [4.78, 5) is 11.8. The fourth-order valence-corrected chi connectivity index (χ4v) is 2.60. The van der Waals surface area contributed by atoms with Crippen LogP contribution >= 0.6 is 0 Å². The third-order valence-corrected chi connectivity index (χ3v) is 3.57. The van der Waals surface area contributed by atoms with Crippen LogP contribution in [0.4, 0.5) is 11.8 Å². The molecule has 0 unspecified atom stereocenters. The van der Waals surface area contributed by atoms with Crippen molar-refractivity contribution in [3.63, 3.8) is 0 Å². The molecule has 1 fully saturated rings. The van der Waals surface area contributed by atoms with E-state index >= 15 is 0 Å². The highest BCUT2D eigenvalue weighted by Gasteiger charge is 2.19. The van der Waals surface area contributed by atoms with Crippen LogP contribution in [0.3, 0.4) is 0 Å². The summed E-state index contributed by atoms with van der Waals surface area (Å²) < 4.78 is 0. The minimum Gasteiger partial charge on any atom is -0.367 e. The number of H-pyrrole nitrogens is 1. The summed E-state index contributed by atoms with van der Waals surface area (Å²) in [7, 11) is 1.79. The molecule has 1 aliphatic rings. The summed E-state index contributed by atoms with van der Waals surface area (Å²) in [6.45, 7) is 0. The highest BCUT2D eigenvalue weighted by Crippen LogP contribution is 2.28. The topological polar surface area (TPSA) is 89.4 Å². The van der Waals surface area contributed by atoms with Crippen molar-refractivity contribution in [3.05, 3.63) is 11.8 Å². The predicted molar refractivity (Wildman–Crippen MR) is 74.0 cm³/mol. The van der Waals surface area contributed by atoms with Crippen molar-refractivity contribution >= 4 is 22.8 Å². The summed E-state index contributed by atoms with van der Waals surface area (Å²) in [5.41, 5.74) is 1.27. The molecule has 0 bridgehead atoms. The van der Waals surface area contributed by atoms with E-state index in [9.17, 15) is 0 Å². The zero-order valence-electron chi connectivity index (χ0n) is 10.8. The number of fused-ring (bicyclic) bond motifs is 1. The van der Waals surface area contributed by atoms with Gasteiger partial charge in [-0.1, -0.05) is 12.8 Å². The van der Waals surface area contributed by atoms with Gasteiger partial charge in [-0.15, -0.1) is 0 Å². The minimum absolute atomic E-state index is 0.448. The SMILES string of the molecule is CNc1nc(NC2CCCC2)c2c(C#N)c[nH]c2n1. The zero-order chi connectivity index (χ0) is 13.2. The van der Waals surface area contributed by atoms with Crippen LogP contribution in [0.15, 0.2) is 6.20 Å². The first-order valence-electron chi connectivity index (χ1n) is 6.55. The van der Waals surface area contributed by atoms with Crippen molar-refractivity contribution in [1.82, 2.24) is 15.0 Å². The second kappa shape index (κ2) is 4.76. The molecule has 0 aliphatic heterocycles. The third-order valence-electron chi connectivity index (χ3n) is 3.57. The van der Waals surface area contributed by atoms with Crippen molar-refractivity contribution in [3.8, 4) is 6.07 Å². The molecule has 1 aliphatic carbocycles. The summed E-state index contributed by atoms with van der Waals surface area (Å²) in [5, 5.41) is 16.4. The molecule has 0 amide bonds. The number of hydrogen-bond acceptors (Lipinski definition) is 5. The Bertz CT molecular complexity index is 632. The van der Waals surface area contributed by atoms with Gasteiger partial charge in [0.1, 0.15) is 17.5 Å². The van der Waals surface area contributed by atoms with Gasteiger partial charge in [0, 0.05) is 19.3 Å². The largest absolute Gasteiger partial charge is 0.367 e. The average molecular weight is 256 g/mol. The van der Waals surface area contributed by atoms with E-state index in [0.29, 0.717) is 23.2 Å². The van der Waals surface area contributed by atoms with Gasteiger partial charge in [0.05, 0.1) is 10.9 Å². The highest BCUT2D eigenvalue weighted by atomic mass is 15.2. The molecule has 6 nitrogen and oxygen atoms in total. The fraction of sp³-hybridized carbons (Fsp3) is 0.462. The van der Waals surface area contributed by atoms with Gasteiger partial charge in [-0.2, -0.15) is 15.2 Å². The lowest BCUT2D eigenvalue weighted by molar-refractivity contribution is 0.752. The monoisotopic (exact) mass is 256 g/mol. The molecule has 19 heavy (non-hydrogen) atoms. The first-order valence-corrected chi connectivity index (χ1v) is 6.55. The minimum atomic E-state index is 0.448. The van der Waals surface area contributed by atoms with Crippen molar-refractivity contribution < 1.29 is 0 Å². The van der Waals surface area contributed by atoms with Gasteiger partial charge in [-0.05, 0) is 12.8 Å². The van der Waals surface area contributed by atoms with Crippen LogP contribution in [0.1, 0.15) is 31.2 Å². The molecular weight excluding hydrogens is 240 g/mol. The summed E-state index contributed by atoms with van der Waals surface area (Å²) >= 11 is 0. The van der Waals surface area contributed by atoms with Crippen molar-refractivity contribution in [2.45, 2.75) is 31.7 Å². The number of anilines is 2. The first-order chi connectivity index (χ1) is 9.31. The van der Waals surface area contributed by atoms with Gasteiger partial charge in [0.2, 0.25) is 5.95 Å². The van der Waals surface area contributed by atoms with E-state index in [1.165, 1.54) is 12.8 Å². The predicted octanol–water partition coefficient (Wildman–Crippen LogP) is 2.23. The molecule has 2 aromatic heterocycles. The maximum atomic E-state index is 9.17. The van der Waals surface area contributed by atoms with Gasteiger partial charge < -0.3 is 15.6 Å². The lowest BCUT2D eigenvalue weighted by atomic mass is 10.2. The van der Waals surface area contributed by atoms with Gasteiger partial charge in [-0.3, -0.25) is 0 Å². The van der Waals surface area contributed by atoms with Crippen molar-refractivity contribution in [2.24, 2.45) is 0 Å². The average Bonchev–Trinajstić information content (AvgIpc) is 3.07. The molecule has 3 rings (SSSR count). The number of nitrogens with one attached hydrogen (secondary N) is 3. The van der Waals surface area contributed by atoms with E-state index in [4.69, 9.17) is 5.26 Å². The molecular formula is C13H16N6. The Balaban J connectivity index is 2.08. The third kappa shape index (κ3) is 2.08. The molecule has 0 aromatic carbocycles. The van der Waals surface area contributed by atoms with E-state index in [1.54, 1.807) is 13.2 Å². The Hall–Kier alpha value is -2.29. The molecule has 2 heterocycles. The molecule has 2 aromatic rings. The number of nitrogens with zero attached hydrogens (tertiary/aromatic N) is 3. The quantitative estimate of drug-likeness (QED) is 0.783. The van der Waals surface area contributed by atoms with Gasteiger partial charge >= 0.3 is 0 Å². The van der Waals surface area contributed by atoms with Crippen LogP contribution < -0.4 is 10.6 Å². The van der Waals surface area contributed by atoms with Gasteiger partial charge in [-0.25, -0.2) is 0 Å². The van der Waals surface area contributed by atoms with Gasteiger partial charge in [0.15, 0.2) is 0 Å². The molecule has 1 saturated carbocycles. The second-order valence-corrected chi connectivity index (χ2v) is 4.81. The molecule has 0 radical (unpaired) electrons. The van der Waals surface area contributed by atoms with Crippen LogP contribution in [0.25, 0.3) is 11.0 Å². The Morgan fingerprint density at radius 1 is 1.37 bits per heavy atom. The zero-order valence-corrected chi connectivity index (χ0v) is 10.8. The van der Waals surface area contributed by atoms with E-state index < -0.39 is 0 Å². The Morgan fingerprint density at radius 2 is 2.16 bits per heavy atom. The summed E-state index contributed by atoms with van der Waals surface area (Å²) in [6.07, 6.45) is 6.50. The Labute approximate surface area is 111 Å². The van der Waals surface area contributed by atoms with Crippen LogP contribution in [0, 0.1) is 11.3 Å². The molecule has 0 saturated heterocycles.